The minimum atomic E-state index is -4.14. The van der Waals surface area contributed by atoms with Crippen LogP contribution in [0, 0.1) is 0 Å². The van der Waals surface area contributed by atoms with Gasteiger partial charge in [0.2, 0.25) is 0 Å². The molecule has 0 amide bonds. The average molecular weight is 264 g/mol. The molecule has 0 radical (unpaired) electrons. The molecule has 0 aromatic carbocycles. The number of nitrogens with two attached hydrogens (primary N) is 1. The first-order valence-electron chi connectivity index (χ1n) is 4.66. The number of alkyl halides is 3. The van der Waals surface area contributed by atoms with Crippen molar-refractivity contribution in [1.82, 2.24) is 0 Å². The van der Waals surface area contributed by atoms with E-state index in [0.29, 0.717) is 0 Å². The lowest BCUT2D eigenvalue weighted by atomic mass is 10.1. The standard InChI is InChI=1S/C9H16F3NO2.ClH/c1-8(2,13)7(14)15-6-4-3-5-9(10,11)12;/h3-6,13H2,1-2H3;1H. The van der Waals surface area contributed by atoms with E-state index >= 15 is 0 Å². The monoisotopic (exact) mass is 263 g/mol. The van der Waals surface area contributed by atoms with E-state index < -0.39 is 24.1 Å². The summed E-state index contributed by atoms with van der Waals surface area (Å²) in [6.45, 7) is 2.94. The first kappa shape index (κ1) is 17.9. The zero-order chi connectivity index (χ0) is 12.1. The van der Waals surface area contributed by atoms with Crippen molar-refractivity contribution in [2.45, 2.75) is 44.8 Å². The van der Waals surface area contributed by atoms with Gasteiger partial charge in [-0.2, -0.15) is 13.2 Å². The molecule has 0 atom stereocenters. The minimum Gasteiger partial charge on any atom is -0.464 e. The van der Waals surface area contributed by atoms with Crippen molar-refractivity contribution in [2.24, 2.45) is 5.73 Å². The Bertz CT molecular complexity index is 214. The second-order valence-corrected chi connectivity index (χ2v) is 3.93. The van der Waals surface area contributed by atoms with Crippen LogP contribution >= 0.6 is 12.4 Å². The molecule has 0 saturated carbocycles. The van der Waals surface area contributed by atoms with Crippen LogP contribution in [0.15, 0.2) is 0 Å². The van der Waals surface area contributed by atoms with E-state index in [2.05, 4.69) is 4.74 Å². The van der Waals surface area contributed by atoms with Gasteiger partial charge in [-0.15, -0.1) is 12.4 Å². The summed E-state index contributed by atoms with van der Waals surface area (Å²) in [5.41, 5.74) is 4.32. The summed E-state index contributed by atoms with van der Waals surface area (Å²) in [6, 6.07) is 0. The number of hydrogen-bond acceptors (Lipinski definition) is 3. The molecular weight excluding hydrogens is 247 g/mol. The molecule has 0 fully saturated rings. The second kappa shape index (κ2) is 6.96. The summed E-state index contributed by atoms with van der Waals surface area (Å²) in [6.07, 6.45) is -4.84. The van der Waals surface area contributed by atoms with Gasteiger partial charge in [-0.1, -0.05) is 0 Å². The number of esters is 1. The molecule has 98 valence electrons. The zero-order valence-electron chi connectivity index (χ0n) is 9.26. The number of ether oxygens (including phenoxy) is 1. The highest BCUT2D eigenvalue weighted by Gasteiger charge is 2.26. The summed E-state index contributed by atoms with van der Waals surface area (Å²) >= 11 is 0. The van der Waals surface area contributed by atoms with E-state index in [1.807, 2.05) is 0 Å². The smallest absolute Gasteiger partial charge is 0.389 e. The second-order valence-electron chi connectivity index (χ2n) is 3.93. The molecule has 7 heteroatoms. The van der Waals surface area contributed by atoms with Gasteiger partial charge in [0, 0.05) is 6.42 Å². The summed E-state index contributed by atoms with van der Waals surface area (Å²) < 4.78 is 39.8. The molecule has 0 aliphatic carbocycles. The molecule has 0 aromatic rings. The van der Waals surface area contributed by atoms with Crippen LogP contribution < -0.4 is 5.73 Å². The molecule has 0 spiro atoms. The number of carbonyl (C=O) groups is 1. The molecular formula is C9H17ClF3NO2. The van der Waals surface area contributed by atoms with E-state index in [1.165, 1.54) is 13.8 Å². The molecule has 0 aliphatic rings. The molecule has 0 aliphatic heterocycles. The van der Waals surface area contributed by atoms with Crippen LogP contribution in [-0.4, -0.2) is 24.3 Å². The highest BCUT2D eigenvalue weighted by atomic mass is 35.5. The maximum atomic E-state index is 11.7. The largest absolute Gasteiger partial charge is 0.464 e. The number of unbranched alkanes of at least 4 members (excludes halogenated alkanes) is 1. The van der Waals surface area contributed by atoms with Gasteiger partial charge in [0.15, 0.2) is 0 Å². The quantitative estimate of drug-likeness (QED) is 0.612. The summed E-state index contributed by atoms with van der Waals surface area (Å²) in [7, 11) is 0. The lowest BCUT2D eigenvalue weighted by Crippen LogP contribution is -2.42. The van der Waals surface area contributed by atoms with Crippen molar-refractivity contribution in [3.8, 4) is 0 Å². The Morgan fingerprint density at radius 2 is 1.75 bits per heavy atom. The van der Waals surface area contributed by atoms with Crippen LogP contribution in [0.25, 0.3) is 0 Å². The molecule has 0 saturated heterocycles. The predicted molar refractivity (Wildman–Crippen MR) is 56.4 cm³/mol. The Hall–Kier alpha value is -0.490. The van der Waals surface area contributed by atoms with Gasteiger partial charge >= 0.3 is 12.1 Å². The molecule has 0 bridgehead atoms. The van der Waals surface area contributed by atoms with Crippen molar-refractivity contribution in [1.29, 1.82) is 0 Å². The van der Waals surface area contributed by atoms with E-state index in [4.69, 9.17) is 5.73 Å². The maximum Gasteiger partial charge on any atom is 0.389 e. The lowest BCUT2D eigenvalue weighted by Gasteiger charge is -2.16. The van der Waals surface area contributed by atoms with E-state index in [0.717, 1.165) is 0 Å². The van der Waals surface area contributed by atoms with Gasteiger partial charge in [0.25, 0.3) is 0 Å². The molecule has 0 heterocycles. The topological polar surface area (TPSA) is 52.3 Å². The summed E-state index contributed by atoms with van der Waals surface area (Å²) in [5, 5.41) is 0. The number of hydrogen-bond donors (Lipinski definition) is 1. The normalized spacial score (nSPS) is 11.9. The van der Waals surface area contributed by atoms with Gasteiger partial charge < -0.3 is 10.5 Å². The van der Waals surface area contributed by atoms with Gasteiger partial charge in [0.05, 0.1) is 6.61 Å². The van der Waals surface area contributed by atoms with Crippen molar-refractivity contribution < 1.29 is 22.7 Å². The predicted octanol–water partition coefficient (Wildman–Crippen LogP) is 2.42. The fourth-order valence-corrected chi connectivity index (χ4v) is 0.778. The maximum absolute atomic E-state index is 11.7. The van der Waals surface area contributed by atoms with Crippen molar-refractivity contribution >= 4 is 18.4 Å². The van der Waals surface area contributed by atoms with Crippen LogP contribution in [0.2, 0.25) is 0 Å². The SMILES string of the molecule is CC(C)(N)C(=O)OCCCCC(F)(F)F.Cl. The van der Waals surface area contributed by atoms with Crippen LogP contribution in [0.3, 0.4) is 0 Å². The Kier molecular flexibility index (Phi) is 7.78. The van der Waals surface area contributed by atoms with Crippen LogP contribution in [-0.2, 0) is 9.53 Å². The van der Waals surface area contributed by atoms with Gasteiger partial charge in [-0.25, -0.2) is 0 Å². The van der Waals surface area contributed by atoms with Gasteiger partial charge in [-0.05, 0) is 26.7 Å². The molecule has 3 nitrogen and oxygen atoms in total. The summed E-state index contributed by atoms with van der Waals surface area (Å²) in [4.78, 5) is 11.1. The van der Waals surface area contributed by atoms with Crippen molar-refractivity contribution in [3.05, 3.63) is 0 Å². The van der Waals surface area contributed by atoms with Crippen molar-refractivity contribution in [3.63, 3.8) is 0 Å². The van der Waals surface area contributed by atoms with Crippen LogP contribution in [0.4, 0.5) is 13.2 Å². The number of carbonyl (C=O) groups excluding carboxylic acids is 1. The van der Waals surface area contributed by atoms with Crippen molar-refractivity contribution in [2.75, 3.05) is 6.61 Å². The van der Waals surface area contributed by atoms with E-state index in [-0.39, 0.29) is 31.9 Å². The highest BCUT2D eigenvalue weighted by Crippen LogP contribution is 2.22. The Balaban J connectivity index is 0. The Morgan fingerprint density at radius 3 is 2.12 bits per heavy atom. The molecule has 0 aromatic heterocycles. The lowest BCUT2D eigenvalue weighted by molar-refractivity contribution is -0.149. The first-order valence-corrected chi connectivity index (χ1v) is 4.66. The third-order valence-corrected chi connectivity index (χ3v) is 1.61. The number of rotatable bonds is 5. The van der Waals surface area contributed by atoms with E-state index in [9.17, 15) is 18.0 Å². The zero-order valence-corrected chi connectivity index (χ0v) is 10.1. The Morgan fingerprint density at radius 1 is 1.25 bits per heavy atom. The molecule has 0 rings (SSSR count). The average Bonchev–Trinajstić information content (AvgIpc) is 1.99. The molecule has 16 heavy (non-hydrogen) atoms. The number of halogens is 4. The van der Waals surface area contributed by atoms with Crippen LogP contribution in [0.1, 0.15) is 33.1 Å². The fraction of sp³-hybridized carbons (Fsp3) is 0.889. The van der Waals surface area contributed by atoms with Gasteiger partial charge in [0.1, 0.15) is 5.54 Å². The third-order valence-electron chi connectivity index (χ3n) is 1.61. The highest BCUT2D eigenvalue weighted by molar-refractivity contribution is 5.85. The fourth-order valence-electron chi connectivity index (χ4n) is 0.778. The third kappa shape index (κ3) is 10.0. The summed E-state index contributed by atoms with van der Waals surface area (Å²) in [5.74, 6) is -0.602. The Labute approximate surface area is 98.9 Å². The first-order chi connectivity index (χ1) is 6.63. The van der Waals surface area contributed by atoms with Gasteiger partial charge in [-0.3, -0.25) is 4.79 Å². The molecule has 2 N–H and O–H groups in total. The van der Waals surface area contributed by atoms with E-state index in [1.54, 1.807) is 0 Å². The molecule has 0 unspecified atom stereocenters. The minimum absolute atomic E-state index is 0. The van der Waals surface area contributed by atoms with Crippen LogP contribution in [0.5, 0.6) is 0 Å².